The second kappa shape index (κ2) is 6.77. The SMILES string of the molecule is CCC(C)N(CC)C(=O)N1CCCCCC1. The molecule has 1 aliphatic rings. The van der Waals surface area contributed by atoms with Crippen molar-refractivity contribution in [2.45, 2.75) is 58.9 Å². The monoisotopic (exact) mass is 226 g/mol. The lowest BCUT2D eigenvalue weighted by molar-refractivity contribution is 0.139. The Morgan fingerprint density at radius 2 is 1.75 bits per heavy atom. The van der Waals surface area contributed by atoms with Crippen LogP contribution >= 0.6 is 0 Å². The van der Waals surface area contributed by atoms with Crippen LogP contribution in [0.1, 0.15) is 52.9 Å². The standard InChI is InChI=1S/C13H26N2O/c1-4-12(3)15(5-2)13(16)14-10-8-6-7-9-11-14/h12H,4-11H2,1-3H3. The molecular formula is C13H26N2O. The van der Waals surface area contributed by atoms with Gasteiger partial charge in [0, 0.05) is 25.7 Å². The molecule has 0 radical (unpaired) electrons. The van der Waals surface area contributed by atoms with Crippen LogP contribution in [-0.2, 0) is 0 Å². The van der Waals surface area contributed by atoms with E-state index in [2.05, 4.69) is 20.8 Å². The molecule has 2 amide bonds. The van der Waals surface area contributed by atoms with Gasteiger partial charge in [0.15, 0.2) is 0 Å². The van der Waals surface area contributed by atoms with E-state index < -0.39 is 0 Å². The summed E-state index contributed by atoms with van der Waals surface area (Å²) >= 11 is 0. The van der Waals surface area contributed by atoms with Gasteiger partial charge in [-0.15, -0.1) is 0 Å². The normalized spacial score (nSPS) is 19.1. The van der Waals surface area contributed by atoms with Gasteiger partial charge < -0.3 is 9.80 Å². The van der Waals surface area contributed by atoms with Crippen LogP contribution in [0.15, 0.2) is 0 Å². The molecule has 1 atom stereocenters. The van der Waals surface area contributed by atoms with E-state index in [9.17, 15) is 4.79 Å². The minimum Gasteiger partial charge on any atom is -0.325 e. The molecule has 16 heavy (non-hydrogen) atoms. The zero-order valence-corrected chi connectivity index (χ0v) is 11.0. The molecule has 1 unspecified atom stereocenters. The fourth-order valence-corrected chi connectivity index (χ4v) is 2.30. The third-order valence-corrected chi connectivity index (χ3v) is 3.59. The van der Waals surface area contributed by atoms with Crippen molar-refractivity contribution >= 4 is 6.03 Å². The third kappa shape index (κ3) is 3.39. The molecule has 0 aromatic rings. The highest BCUT2D eigenvalue weighted by Crippen LogP contribution is 2.14. The second-order valence-corrected chi connectivity index (χ2v) is 4.73. The number of rotatable bonds is 3. The summed E-state index contributed by atoms with van der Waals surface area (Å²) in [4.78, 5) is 16.4. The molecule has 0 N–H and O–H groups in total. The Kier molecular flexibility index (Phi) is 5.64. The summed E-state index contributed by atoms with van der Waals surface area (Å²) < 4.78 is 0. The first-order chi connectivity index (χ1) is 7.70. The number of carbonyl (C=O) groups excluding carboxylic acids is 1. The van der Waals surface area contributed by atoms with Crippen LogP contribution < -0.4 is 0 Å². The van der Waals surface area contributed by atoms with Crippen LogP contribution in [0.4, 0.5) is 4.79 Å². The fraction of sp³-hybridized carbons (Fsp3) is 0.923. The van der Waals surface area contributed by atoms with Gasteiger partial charge in [0.05, 0.1) is 0 Å². The van der Waals surface area contributed by atoms with Crippen LogP contribution in [0.3, 0.4) is 0 Å². The lowest BCUT2D eigenvalue weighted by Crippen LogP contribution is -2.47. The van der Waals surface area contributed by atoms with Crippen molar-refractivity contribution in [3.05, 3.63) is 0 Å². The molecule has 1 heterocycles. The maximum absolute atomic E-state index is 12.3. The highest BCUT2D eigenvalue weighted by molar-refractivity contribution is 5.74. The quantitative estimate of drug-likeness (QED) is 0.725. The minimum atomic E-state index is 0.249. The summed E-state index contributed by atoms with van der Waals surface area (Å²) in [6.45, 7) is 9.08. The van der Waals surface area contributed by atoms with Gasteiger partial charge in [0.25, 0.3) is 0 Å². The molecule has 1 saturated heterocycles. The van der Waals surface area contributed by atoms with E-state index in [4.69, 9.17) is 0 Å². The maximum Gasteiger partial charge on any atom is 0.320 e. The molecule has 3 nitrogen and oxygen atoms in total. The van der Waals surface area contributed by atoms with E-state index in [0.717, 1.165) is 26.1 Å². The Morgan fingerprint density at radius 1 is 1.19 bits per heavy atom. The summed E-state index contributed by atoms with van der Waals surface area (Å²) in [6, 6.07) is 0.611. The number of carbonyl (C=O) groups is 1. The molecule has 0 aromatic carbocycles. The van der Waals surface area contributed by atoms with Gasteiger partial charge in [0.1, 0.15) is 0 Å². The zero-order chi connectivity index (χ0) is 12.0. The fourth-order valence-electron chi connectivity index (χ4n) is 2.30. The molecule has 3 heteroatoms. The van der Waals surface area contributed by atoms with Gasteiger partial charge in [-0.2, -0.15) is 0 Å². The molecule has 0 spiro atoms. The number of hydrogen-bond acceptors (Lipinski definition) is 1. The van der Waals surface area contributed by atoms with Crippen molar-refractivity contribution < 1.29 is 4.79 Å². The van der Waals surface area contributed by atoms with Crippen LogP contribution in [0.5, 0.6) is 0 Å². The number of hydrogen-bond donors (Lipinski definition) is 0. The average Bonchev–Trinajstić information content (AvgIpc) is 2.58. The van der Waals surface area contributed by atoms with E-state index in [1.807, 2.05) is 9.80 Å². The maximum atomic E-state index is 12.3. The van der Waals surface area contributed by atoms with Gasteiger partial charge in [0.2, 0.25) is 0 Å². The molecule has 1 fully saturated rings. The van der Waals surface area contributed by atoms with Crippen LogP contribution in [-0.4, -0.2) is 41.5 Å². The Balaban J connectivity index is 2.58. The average molecular weight is 226 g/mol. The molecular weight excluding hydrogens is 200 g/mol. The van der Waals surface area contributed by atoms with E-state index in [0.29, 0.717) is 6.04 Å². The van der Waals surface area contributed by atoms with Crippen molar-refractivity contribution in [1.82, 2.24) is 9.80 Å². The van der Waals surface area contributed by atoms with Gasteiger partial charge in [-0.3, -0.25) is 0 Å². The minimum absolute atomic E-state index is 0.249. The Labute approximate surface area is 99.8 Å². The number of amides is 2. The van der Waals surface area contributed by atoms with Gasteiger partial charge in [-0.05, 0) is 33.1 Å². The van der Waals surface area contributed by atoms with Crippen LogP contribution in [0.25, 0.3) is 0 Å². The van der Waals surface area contributed by atoms with Crippen LogP contribution in [0.2, 0.25) is 0 Å². The molecule has 0 bridgehead atoms. The third-order valence-electron chi connectivity index (χ3n) is 3.59. The van der Waals surface area contributed by atoms with Crippen molar-refractivity contribution in [2.24, 2.45) is 0 Å². The van der Waals surface area contributed by atoms with Crippen molar-refractivity contribution in [2.75, 3.05) is 19.6 Å². The van der Waals surface area contributed by atoms with E-state index >= 15 is 0 Å². The van der Waals surface area contributed by atoms with Gasteiger partial charge in [-0.1, -0.05) is 19.8 Å². The largest absolute Gasteiger partial charge is 0.325 e. The lowest BCUT2D eigenvalue weighted by Gasteiger charge is -2.33. The summed E-state index contributed by atoms with van der Waals surface area (Å²) in [5, 5.41) is 0. The predicted octanol–water partition coefficient (Wildman–Crippen LogP) is 3.10. The smallest absolute Gasteiger partial charge is 0.320 e. The number of likely N-dealkylation sites (tertiary alicyclic amines) is 1. The summed E-state index contributed by atoms with van der Waals surface area (Å²) in [7, 11) is 0. The molecule has 0 aromatic heterocycles. The number of nitrogens with zero attached hydrogens (tertiary/aromatic N) is 2. The first-order valence-electron chi connectivity index (χ1n) is 6.76. The Bertz CT molecular complexity index is 210. The summed E-state index contributed by atoms with van der Waals surface area (Å²) in [5.41, 5.74) is 0. The first-order valence-corrected chi connectivity index (χ1v) is 6.76. The molecule has 1 rings (SSSR count). The molecule has 1 aliphatic heterocycles. The summed E-state index contributed by atoms with van der Waals surface area (Å²) in [6.07, 6.45) is 5.93. The predicted molar refractivity (Wildman–Crippen MR) is 67.6 cm³/mol. The zero-order valence-electron chi connectivity index (χ0n) is 11.0. The Morgan fingerprint density at radius 3 is 2.19 bits per heavy atom. The van der Waals surface area contributed by atoms with E-state index in [1.165, 1.54) is 25.7 Å². The lowest BCUT2D eigenvalue weighted by atomic mass is 10.2. The van der Waals surface area contributed by atoms with Crippen LogP contribution in [0, 0.1) is 0 Å². The molecule has 0 aliphatic carbocycles. The molecule has 0 saturated carbocycles. The highest BCUT2D eigenvalue weighted by Gasteiger charge is 2.23. The Hall–Kier alpha value is -0.730. The van der Waals surface area contributed by atoms with Crippen molar-refractivity contribution in [3.8, 4) is 0 Å². The number of urea groups is 1. The first kappa shape index (κ1) is 13.3. The topological polar surface area (TPSA) is 23.6 Å². The van der Waals surface area contributed by atoms with Crippen molar-refractivity contribution in [3.63, 3.8) is 0 Å². The highest BCUT2D eigenvalue weighted by atomic mass is 16.2. The van der Waals surface area contributed by atoms with E-state index in [-0.39, 0.29) is 6.03 Å². The summed E-state index contributed by atoms with van der Waals surface area (Å²) in [5.74, 6) is 0. The molecule has 94 valence electrons. The van der Waals surface area contributed by atoms with Gasteiger partial charge >= 0.3 is 6.03 Å². The van der Waals surface area contributed by atoms with Crippen molar-refractivity contribution in [1.29, 1.82) is 0 Å². The second-order valence-electron chi connectivity index (χ2n) is 4.73. The van der Waals surface area contributed by atoms with E-state index in [1.54, 1.807) is 0 Å². The van der Waals surface area contributed by atoms with Gasteiger partial charge in [-0.25, -0.2) is 4.79 Å².